The van der Waals surface area contributed by atoms with Gasteiger partial charge in [-0.2, -0.15) is 0 Å². The number of carbonyl (C=O) groups excluding carboxylic acids is 2. The van der Waals surface area contributed by atoms with E-state index in [2.05, 4.69) is 10.3 Å². The van der Waals surface area contributed by atoms with Crippen LogP contribution in [0.2, 0.25) is 0 Å². The smallest absolute Gasteiger partial charge is 0.409 e. The number of aromatic carboxylic acids is 1. The summed E-state index contributed by atoms with van der Waals surface area (Å²) in [5, 5.41) is 12.9. The Morgan fingerprint density at radius 3 is 2.48 bits per heavy atom. The third-order valence-electron chi connectivity index (χ3n) is 4.76. The van der Waals surface area contributed by atoms with E-state index in [1.807, 2.05) is 4.90 Å². The molecule has 2 amide bonds. The van der Waals surface area contributed by atoms with E-state index >= 15 is 0 Å². The normalized spacial score (nSPS) is 14.0. The fourth-order valence-corrected chi connectivity index (χ4v) is 3.21. The molecule has 0 unspecified atom stereocenters. The molecule has 1 aliphatic heterocycles. The highest BCUT2D eigenvalue weighted by Crippen LogP contribution is 2.27. The van der Waals surface area contributed by atoms with Gasteiger partial charge in [-0.3, -0.25) is 4.79 Å². The number of piperazine rings is 1. The second-order valence-corrected chi connectivity index (χ2v) is 6.64. The Balaban J connectivity index is 1.86. The maximum atomic E-state index is 11.9. The average molecular weight is 400 g/mol. The standard InChI is InChI=1S/C20H24N4O5/c1-3-18(25)21-13-5-6-16-14(11-13)15(19(26)27)12-17(22-16)23-7-9-24(10-8-23)20(28)29-4-2/h5-6,11-12H,3-4,7-10H2,1-2H3,(H,21,25)(H,26,27). The summed E-state index contributed by atoms with van der Waals surface area (Å²) in [6.07, 6.45) is -0.00907. The molecule has 9 nitrogen and oxygen atoms in total. The molecule has 2 aromatic rings. The minimum Gasteiger partial charge on any atom is -0.478 e. The lowest BCUT2D eigenvalue weighted by atomic mass is 10.1. The molecule has 154 valence electrons. The zero-order chi connectivity index (χ0) is 21.0. The van der Waals surface area contributed by atoms with Gasteiger partial charge < -0.3 is 25.0 Å². The van der Waals surface area contributed by atoms with Crippen molar-refractivity contribution in [2.75, 3.05) is 43.0 Å². The Kier molecular flexibility index (Phi) is 6.16. The van der Waals surface area contributed by atoms with Crippen molar-refractivity contribution < 1.29 is 24.2 Å². The number of rotatable bonds is 5. The molecule has 0 bridgehead atoms. The molecule has 1 fully saturated rings. The fourth-order valence-electron chi connectivity index (χ4n) is 3.21. The van der Waals surface area contributed by atoms with Crippen molar-refractivity contribution in [3.8, 4) is 0 Å². The van der Waals surface area contributed by atoms with E-state index in [-0.39, 0.29) is 17.6 Å². The summed E-state index contributed by atoms with van der Waals surface area (Å²) < 4.78 is 5.02. The number of hydrogen-bond donors (Lipinski definition) is 2. The van der Waals surface area contributed by atoms with Gasteiger partial charge in [0.15, 0.2) is 0 Å². The van der Waals surface area contributed by atoms with E-state index in [0.717, 1.165) is 0 Å². The highest BCUT2D eigenvalue weighted by atomic mass is 16.6. The summed E-state index contributed by atoms with van der Waals surface area (Å²) in [6, 6.07) is 6.57. The van der Waals surface area contributed by atoms with Gasteiger partial charge in [-0.1, -0.05) is 6.92 Å². The van der Waals surface area contributed by atoms with Crippen LogP contribution in [0.4, 0.5) is 16.3 Å². The monoisotopic (exact) mass is 400 g/mol. The van der Waals surface area contributed by atoms with Crippen LogP contribution in [0.25, 0.3) is 10.9 Å². The third-order valence-corrected chi connectivity index (χ3v) is 4.76. The Bertz CT molecular complexity index is 938. The molecule has 1 aromatic carbocycles. The van der Waals surface area contributed by atoms with E-state index < -0.39 is 5.97 Å². The van der Waals surface area contributed by atoms with Gasteiger partial charge in [0.1, 0.15) is 5.82 Å². The Labute approximate surface area is 168 Å². The van der Waals surface area contributed by atoms with Gasteiger partial charge in [0.25, 0.3) is 0 Å². The van der Waals surface area contributed by atoms with Gasteiger partial charge in [0, 0.05) is 43.7 Å². The Hall–Kier alpha value is -3.36. The van der Waals surface area contributed by atoms with Gasteiger partial charge in [-0.05, 0) is 31.2 Å². The number of carbonyl (C=O) groups is 3. The van der Waals surface area contributed by atoms with E-state index in [0.29, 0.717) is 61.6 Å². The number of amides is 2. The molecule has 0 atom stereocenters. The second kappa shape index (κ2) is 8.76. The van der Waals surface area contributed by atoms with Crippen LogP contribution in [0.15, 0.2) is 24.3 Å². The number of nitrogens with zero attached hydrogens (tertiary/aromatic N) is 3. The SMILES string of the molecule is CCOC(=O)N1CCN(c2cc(C(=O)O)c3cc(NC(=O)CC)ccc3n2)CC1. The third kappa shape index (κ3) is 4.56. The number of carboxylic acids is 1. The second-order valence-electron chi connectivity index (χ2n) is 6.64. The van der Waals surface area contributed by atoms with Crippen LogP contribution in [0.3, 0.4) is 0 Å². The van der Waals surface area contributed by atoms with Gasteiger partial charge in [-0.25, -0.2) is 14.6 Å². The van der Waals surface area contributed by atoms with Crippen molar-refractivity contribution in [2.24, 2.45) is 0 Å². The first-order valence-electron chi connectivity index (χ1n) is 9.57. The first kappa shape index (κ1) is 20.4. The van der Waals surface area contributed by atoms with Crippen molar-refractivity contribution in [3.05, 3.63) is 29.8 Å². The molecule has 1 aliphatic rings. The summed E-state index contributed by atoms with van der Waals surface area (Å²) in [7, 11) is 0. The molecule has 1 aromatic heterocycles. The predicted octanol–water partition coefficient (Wildman–Crippen LogP) is 2.56. The van der Waals surface area contributed by atoms with E-state index in [1.165, 1.54) is 6.07 Å². The zero-order valence-corrected chi connectivity index (χ0v) is 16.5. The molecule has 29 heavy (non-hydrogen) atoms. The maximum Gasteiger partial charge on any atom is 0.409 e. The van der Waals surface area contributed by atoms with Crippen molar-refractivity contribution >= 4 is 40.4 Å². The van der Waals surface area contributed by atoms with Crippen LogP contribution in [0, 0.1) is 0 Å². The molecule has 0 spiro atoms. The fraction of sp³-hybridized carbons (Fsp3) is 0.400. The minimum absolute atomic E-state index is 0.116. The van der Waals surface area contributed by atoms with Crippen LogP contribution in [0.1, 0.15) is 30.6 Å². The average Bonchev–Trinajstić information content (AvgIpc) is 2.73. The zero-order valence-electron chi connectivity index (χ0n) is 16.5. The van der Waals surface area contributed by atoms with Crippen LogP contribution in [-0.2, 0) is 9.53 Å². The molecule has 2 N–H and O–H groups in total. The van der Waals surface area contributed by atoms with Gasteiger partial charge in [0.05, 0.1) is 17.7 Å². The molecule has 0 aliphatic carbocycles. The largest absolute Gasteiger partial charge is 0.478 e. The number of benzene rings is 1. The number of ether oxygens (including phenoxy) is 1. The van der Waals surface area contributed by atoms with Crippen molar-refractivity contribution in [1.82, 2.24) is 9.88 Å². The van der Waals surface area contributed by atoms with Gasteiger partial charge in [-0.15, -0.1) is 0 Å². The van der Waals surface area contributed by atoms with Gasteiger partial charge in [0.2, 0.25) is 5.91 Å². The lowest BCUT2D eigenvalue weighted by Crippen LogP contribution is -2.49. The minimum atomic E-state index is -1.07. The van der Waals surface area contributed by atoms with E-state index in [9.17, 15) is 19.5 Å². The highest BCUT2D eigenvalue weighted by Gasteiger charge is 2.24. The molecule has 2 heterocycles. The molecule has 0 radical (unpaired) electrons. The predicted molar refractivity (Wildman–Crippen MR) is 108 cm³/mol. The van der Waals surface area contributed by atoms with Crippen molar-refractivity contribution in [1.29, 1.82) is 0 Å². The van der Waals surface area contributed by atoms with Crippen LogP contribution in [0.5, 0.6) is 0 Å². The lowest BCUT2D eigenvalue weighted by molar-refractivity contribution is -0.115. The number of pyridine rings is 1. The first-order valence-corrected chi connectivity index (χ1v) is 9.57. The van der Waals surface area contributed by atoms with Crippen LogP contribution >= 0.6 is 0 Å². The topological polar surface area (TPSA) is 112 Å². The highest BCUT2D eigenvalue weighted by molar-refractivity contribution is 6.05. The number of nitrogens with one attached hydrogen (secondary N) is 1. The van der Waals surface area contributed by atoms with E-state index in [1.54, 1.807) is 36.9 Å². The van der Waals surface area contributed by atoms with E-state index in [4.69, 9.17) is 4.74 Å². The quantitative estimate of drug-likeness (QED) is 0.793. The number of carboxylic acid groups (broad SMARTS) is 1. The Morgan fingerprint density at radius 2 is 1.86 bits per heavy atom. The summed E-state index contributed by atoms with van der Waals surface area (Å²) in [6.45, 7) is 5.84. The molecule has 1 saturated heterocycles. The molecule has 9 heteroatoms. The molecular formula is C20H24N4O5. The van der Waals surface area contributed by atoms with Crippen molar-refractivity contribution in [2.45, 2.75) is 20.3 Å². The maximum absolute atomic E-state index is 11.9. The van der Waals surface area contributed by atoms with Crippen molar-refractivity contribution in [3.63, 3.8) is 0 Å². The van der Waals surface area contributed by atoms with Gasteiger partial charge >= 0.3 is 12.1 Å². The molecule has 0 saturated carbocycles. The number of fused-ring (bicyclic) bond motifs is 1. The summed E-state index contributed by atoms with van der Waals surface area (Å²) >= 11 is 0. The van der Waals surface area contributed by atoms with Crippen LogP contribution < -0.4 is 10.2 Å². The Morgan fingerprint density at radius 1 is 1.14 bits per heavy atom. The summed E-state index contributed by atoms with van der Waals surface area (Å²) in [5.41, 5.74) is 1.18. The number of anilines is 2. The first-order chi connectivity index (χ1) is 13.9. The number of aromatic nitrogens is 1. The van der Waals surface area contributed by atoms with Crippen LogP contribution in [-0.4, -0.2) is 65.7 Å². The summed E-state index contributed by atoms with van der Waals surface area (Å²) in [5.74, 6) is -0.670. The number of hydrogen-bond acceptors (Lipinski definition) is 6. The summed E-state index contributed by atoms with van der Waals surface area (Å²) in [4.78, 5) is 43.5. The lowest BCUT2D eigenvalue weighted by Gasteiger charge is -2.35. The molecule has 3 rings (SSSR count). The molecular weight excluding hydrogens is 376 g/mol.